The van der Waals surface area contributed by atoms with Crippen molar-refractivity contribution in [3.63, 3.8) is 0 Å². The average molecular weight is 461 g/mol. The van der Waals surface area contributed by atoms with Gasteiger partial charge in [-0.2, -0.15) is 10.2 Å². The number of rotatable bonds is 3. The minimum atomic E-state index is -0.494. The maximum Gasteiger partial charge on any atom is 0.322 e. The quantitative estimate of drug-likeness (QED) is 0.397. The molecular weight excluding hydrogens is 442 g/mol. The number of amides is 2. The van der Waals surface area contributed by atoms with Crippen molar-refractivity contribution in [2.24, 2.45) is 0 Å². The Kier molecular flexibility index (Phi) is 4.96. The first kappa shape index (κ1) is 20.6. The number of imidazole rings is 1. The third kappa shape index (κ3) is 3.87. The predicted octanol–water partition coefficient (Wildman–Crippen LogP) is 4.82. The molecule has 0 fully saturated rings. The van der Waals surface area contributed by atoms with Crippen molar-refractivity contribution in [3.05, 3.63) is 95.9 Å². The molecule has 9 heteroatoms. The molecule has 3 aromatic carbocycles. The highest BCUT2D eigenvalue weighted by Crippen LogP contribution is 2.33. The number of carbonyl (C=O) groups is 1. The van der Waals surface area contributed by atoms with Crippen LogP contribution >= 0.6 is 0 Å². The topological polar surface area (TPSA) is 124 Å². The van der Waals surface area contributed by atoms with E-state index in [1.54, 1.807) is 35.5 Å². The number of carbonyl (C=O) groups excluding carboxylic acids is 1. The summed E-state index contributed by atoms with van der Waals surface area (Å²) in [5.74, 6) is 0.795. The van der Waals surface area contributed by atoms with Gasteiger partial charge in [-0.3, -0.25) is 0 Å². The van der Waals surface area contributed by atoms with Gasteiger partial charge in [0, 0.05) is 17.7 Å². The van der Waals surface area contributed by atoms with Crippen molar-refractivity contribution < 1.29 is 9.32 Å². The second-order valence-electron chi connectivity index (χ2n) is 8.32. The molecule has 0 bridgehead atoms. The molecule has 1 atom stereocenters. The smallest absolute Gasteiger partial charge is 0.322 e. The Morgan fingerprint density at radius 1 is 1.11 bits per heavy atom. The van der Waals surface area contributed by atoms with Gasteiger partial charge in [0.2, 0.25) is 11.7 Å². The standard InChI is InChI=1S/C26H19N7O2/c27-13-16-4-3-7-20(10-16)30-26(34)33-14-22-21(28-15-29-22)12-23(33)25-31-24(32-35-25)19-9-8-17-5-1-2-6-18(17)11-19/h1-11,15,23H,12,14H2,(H,28,29)(H,30,34). The molecular formula is C26H19N7O2. The van der Waals surface area contributed by atoms with Crippen LogP contribution in [0.15, 0.2) is 77.6 Å². The van der Waals surface area contributed by atoms with E-state index in [9.17, 15) is 4.79 Å². The first-order valence-corrected chi connectivity index (χ1v) is 11.1. The Bertz CT molecular complexity index is 1600. The van der Waals surface area contributed by atoms with Gasteiger partial charge in [-0.1, -0.05) is 47.6 Å². The monoisotopic (exact) mass is 461 g/mol. The molecule has 0 saturated heterocycles. The van der Waals surface area contributed by atoms with E-state index in [-0.39, 0.29) is 6.03 Å². The number of nitrogens with one attached hydrogen (secondary N) is 2. The van der Waals surface area contributed by atoms with Crippen LogP contribution in [-0.4, -0.2) is 31.0 Å². The molecule has 5 aromatic rings. The predicted molar refractivity (Wildman–Crippen MR) is 128 cm³/mol. The number of hydrogen-bond donors (Lipinski definition) is 2. The maximum absolute atomic E-state index is 13.3. The van der Waals surface area contributed by atoms with Gasteiger partial charge in [0.1, 0.15) is 6.04 Å². The van der Waals surface area contributed by atoms with Gasteiger partial charge in [-0.05, 0) is 35.0 Å². The molecule has 170 valence electrons. The third-order valence-electron chi connectivity index (χ3n) is 6.14. The van der Waals surface area contributed by atoms with E-state index < -0.39 is 6.04 Å². The normalized spacial score (nSPS) is 14.9. The molecule has 1 unspecified atom stereocenters. The second kappa shape index (κ2) is 8.43. The van der Waals surface area contributed by atoms with Crippen LogP contribution in [0, 0.1) is 11.3 Å². The van der Waals surface area contributed by atoms with E-state index in [1.165, 1.54) is 0 Å². The molecule has 3 heterocycles. The van der Waals surface area contributed by atoms with Gasteiger partial charge < -0.3 is 19.7 Å². The van der Waals surface area contributed by atoms with Crippen LogP contribution in [0.4, 0.5) is 10.5 Å². The van der Waals surface area contributed by atoms with Crippen molar-refractivity contribution in [1.29, 1.82) is 5.26 Å². The number of nitriles is 1. The molecule has 0 spiro atoms. The van der Waals surface area contributed by atoms with E-state index in [4.69, 9.17) is 9.78 Å². The zero-order valence-electron chi connectivity index (χ0n) is 18.5. The van der Waals surface area contributed by atoms with Crippen molar-refractivity contribution >= 4 is 22.5 Å². The highest BCUT2D eigenvalue weighted by molar-refractivity contribution is 5.90. The van der Waals surface area contributed by atoms with Crippen LogP contribution in [0.25, 0.3) is 22.2 Å². The number of benzene rings is 3. The summed E-state index contributed by atoms with van der Waals surface area (Å²) < 4.78 is 5.67. The van der Waals surface area contributed by atoms with Crippen molar-refractivity contribution in [2.45, 2.75) is 19.0 Å². The number of urea groups is 1. The van der Waals surface area contributed by atoms with Crippen LogP contribution in [0.1, 0.15) is 28.9 Å². The summed E-state index contributed by atoms with van der Waals surface area (Å²) in [5, 5.41) is 18.5. The number of anilines is 1. The Labute approximate surface area is 200 Å². The minimum absolute atomic E-state index is 0.303. The zero-order valence-corrected chi connectivity index (χ0v) is 18.5. The fourth-order valence-electron chi connectivity index (χ4n) is 4.35. The average Bonchev–Trinajstić information content (AvgIpc) is 3.57. The van der Waals surface area contributed by atoms with E-state index in [1.807, 2.05) is 42.5 Å². The molecule has 2 aromatic heterocycles. The van der Waals surface area contributed by atoms with E-state index in [2.05, 4.69) is 31.5 Å². The van der Waals surface area contributed by atoms with Crippen LogP contribution in [0.2, 0.25) is 0 Å². The number of hydrogen-bond acceptors (Lipinski definition) is 6. The molecule has 6 rings (SSSR count). The first-order chi connectivity index (χ1) is 17.2. The summed E-state index contributed by atoms with van der Waals surface area (Å²) in [7, 11) is 0. The Hall–Kier alpha value is -4.97. The zero-order chi connectivity index (χ0) is 23.8. The Morgan fingerprint density at radius 3 is 2.89 bits per heavy atom. The van der Waals surface area contributed by atoms with Gasteiger partial charge in [-0.15, -0.1) is 0 Å². The Morgan fingerprint density at radius 2 is 2.00 bits per heavy atom. The fourth-order valence-corrected chi connectivity index (χ4v) is 4.35. The van der Waals surface area contributed by atoms with E-state index in [0.717, 1.165) is 27.7 Å². The molecule has 2 N–H and O–H groups in total. The molecule has 2 amide bonds. The number of H-pyrrole nitrogens is 1. The summed E-state index contributed by atoms with van der Waals surface area (Å²) in [5.41, 5.74) is 3.54. The van der Waals surface area contributed by atoms with Crippen LogP contribution in [0.3, 0.4) is 0 Å². The molecule has 0 aliphatic carbocycles. The van der Waals surface area contributed by atoms with Gasteiger partial charge in [0.05, 0.1) is 35.9 Å². The second-order valence-corrected chi connectivity index (χ2v) is 8.32. The van der Waals surface area contributed by atoms with Gasteiger partial charge in [0.15, 0.2) is 0 Å². The number of fused-ring (bicyclic) bond motifs is 2. The minimum Gasteiger partial charge on any atom is -0.347 e. The molecule has 35 heavy (non-hydrogen) atoms. The largest absolute Gasteiger partial charge is 0.347 e. The Balaban J connectivity index is 1.32. The van der Waals surface area contributed by atoms with Crippen molar-refractivity contribution in [2.75, 3.05) is 5.32 Å². The lowest BCUT2D eigenvalue weighted by molar-refractivity contribution is 0.155. The van der Waals surface area contributed by atoms with Gasteiger partial charge in [-0.25, -0.2) is 9.78 Å². The highest BCUT2D eigenvalue weighted by atomic mass is 16.5. The number of nitrogens with zero attached hydrogens (tertiary/aromatic N) is 5. The molecule has 9 nitrogen and oxygen atoms in total. The van der Waals surface area contributed by atoms with Gasteiger partial charge >= 0.3 is 6.03 Å². The van der Waals surface area contributed by atoms with Crippen LogP contribution in [-0.2, 0) is 13.0 Å². The SMILES string of the molecule is N#Cc1cccc(NC(=O)N2Cc3[nH]cnc3CC2c2nc(-c3ccc4ccccc4c3)no2)c1. The van der Waals surface area contributed by atoms with Crippen molar-refractivity contribution in [1.82, 2.24) is 25.0 Å². The summed E-state index contributed by atoms with van der Waals surface area (Å²) in [6, 6.07) is 22.1. The van der Waals surface area contributed by atoms with Gasteiger partial charge in [0.25, 0.3) is 0 Å². The van der Waals surface area contributed by atoms with Crippen molar-refractivity contribution in [3.8, 4) is 17.5 Å². The van der Waals surface area contributed by atoms with E-state index >= 15 is 0 Å². The lowest BCUT2D eigenvalue weighted by Gasteiger charge is -2.32. The molecule has 1 aliphatic rings. The maximum atomic E-state index is 13.3. The summed E-state index contributed by atoms with van der Waals surface area (Å²) in [6.07, 6.45) is 2.05. The fraction of sp³-hybridized carbons (Fsp3) is 0.115. The molecule has 1 aliphatic heterocycles. The molecule has 0 radical (unpaired) electrons. The number of aromatic amines is 1. The third-order valence-corrected chi connectivity index (χ3v) is 6.14. The summed E-state index contributed by atoms with van der Waals surface area (Å²) >= 11 is 0. The number of aromatic nitrogens is 4. The van der Waals surface area contributed by atoms with Crippen LogP contribution in [0.5, 0.6) is 0 Å². The molecule has 0 saturated carbocycles. The highest BCUT2D eigenvalue weighted by Gasteiger charge is 2.36. The lowest BCUT2D eigenvalue weighted by Crippen LogP contribution is -2.41. The lowest BCUT2D eigenvalue weighted by atomic mass is 10.0. The summed E-state index contributed by atoms with van der Waals surface area (Å²) in [4.78, 5) is 27.1. The van der Waals surface area contributed by atoms with E-state index in [0.29, 0.717) is 35.9 Å². The first-order valence-electron chi connectivity index (χ1n) is 11.1. The summed E-state index contributed by atoms with van der Waals surface area (Å²) in [6.45, 7) is 0.303. The van der Waals surface area contributed by atoms with Crippen LogP contribution < -0.4 is 5.32 Å².